The first-order chi connectivity index (χ1) is 58.3. The third kappa shape index (κ3) is 12.2. The first kappa shape index (κ1) is 73.9. The van der Waals surface area contributed by atoms with E-state index in [2.05, 4.69) is 73.4 Å². The van der Waals surface area contributed by atoms with Crippen molar-refractivity contribution in [2.75, 3.05) is 49.1 Å². The highest BCUT2D eigenvalue weighted by Crippen LogP contribution is 2.51. The van der Waals surface area contributed by atoms with Crippen LogP contribution in [0.25, 0.3) is 161 Å². The van der Waals surface area contributed by atoms with Crippen molar-refractivity contribution in [2.24, 2.45) is 0 Å². The number of nitrogens with one attached hydrogen (secondary N) is 7. The number of ketones is 2. The number of nitrogens with zero attached hydrogens (tertiary/aromatic N) is 7. The van der Waals surface area contributed by atoms with E-state index < -0.39 is 28.8 Å². The molecule has 5 aliphatic rings. The summed E-state index contributed by atoms with van der Waals surface area (Å²) in [6.07, 6.45) is 16.0. The van der Waals surface area contributed by atoms with Gasteiger partial charge in [-0.15, -0.1) is 0 Å². The molecule has 13 heterocycles. The van der Waals surface area contributed by atoms with Crippen molar-refractivity contribution in [2.45, 2.75) is 53.4 Å². The predicted octanol–water partition coefficient (Wildman–Crippen LogP) is 18.8. The van der Waals surface area contributed by atoms with E-state index in [1.807, 2.05) is 107 Å². The molecule has 0 bridgehead atoms. The van der Waals surface area contributed by atoms with Crippen LogP contribution < -0.4 is 26.2 Å². The molecule has 22 nitrogen and oxygen atoms in total. The summed E-state index contributed by atoms with van der Waals surface area (Å²) in [5.74, 6) is -2.23. The van der Waals surface area contributed by atoms with Crippen LogP contribution in [0.2, 0.25) is 0 Å². The van der Waals surface area contributed by atoms with Gasteiger partial charge in [0.2, 0.25) is 0 Å². The Kier molecular flexibility index (Phi) is 17.9. The number of carbonyl (C=O) groups excluding carboxylic acids is 2. The standard InChI is InChI=1S/C28H20F3N5O.C26H24N4O2.C21H15N3O2.C20H14N2O3/c29-18-7-8-19(30)24(31)21(18)26-22-20(23-25(14-3-1-2-4-14)34-35-28(23)33-26)16-6-5-15(13-17(16)27(22)37)36-11-9-32-10-12-36;1-15-14-27-25-21(15)22-19-10-7-17(30-11-3-2-4-12-30)13-20(19)28-26(32)23(22)24(29-25)16-5-8-18(31)9-6-16;1-11-10-22-20-16(11)17-14-4-2-3-5-15(14)23-21(26)18(17)19(24-20)12-6-8-13(25)9-7-12;1-9-8-21-20-14(9)15-16(18(24)13-7-10(2)25-19(13)15)17(22-20)11-3-5-12(23)6-4-11/h1-3,5-8,13,32H,4,9-12H2,(H,33,34,35);5-10,13-14,31H,2-4,11-12H2,1H3,(H,27,29)(H,28,32);2-10,25H,1H3,(H,22,24)(H,23,26);3-8,23H,1-2H3,(H,21,22). The molecule has 120 heavy (non-hydrogen) atoms. The Bertz CT molecular complexity index is 7570. The molecule has 2 saturated heterocycles. The molecule has 0 unspecified atom stereocenters. The highest BCUT2D eigenvalue weighted by molar-refractivity contribution is 6.30. The highest BCUT2D eigenvalue weighted by atomic mass is 19.2. The lowest BCUT2D eigenvalue weighted by Crippen LogP contribution is -2.43. The number of carbonyl (C=O) groups is 2. The number of H-pyrrole nitrogens is 6. The SMILES string of the molecule is Cc1c[nH]c2nc(-c3ccc(O)cc3)c3c(=O)[nH]c4cc(N5CCCCC5)ccc4c3c12.Cc1c[nH]c2nc(-c3ccc(O)cc3)c3c(=O)[nH]c4ccccc4c3c12.Cc1cc2c(o1)-c1c(c(-c3ccc(O)cc3)nc3[nH]cc(C)c13)C2=O.O=C1c2cc(N3CCNCC3)ccc2-c2c1c(-c1c(F)ccc(F)c1F)nc1n[nH]c(C3=CC=CC3)c21. The van der Waals surface area contributed by atoms with Gasteiger partial charge in [-0.2, -0.15) is 5.10 Å². The number of halogens is 3. The molecular weight excluding hydrogens is 1520 g/mol. The number of aromatic hydroxyl groups is 3. The lowest BCUT2D eigenvalue weighted by Gasteiger charge is -2.29. The smallest absolute Gasteiger partial charge is 0.258 e. The van der Waals surface area contributed by atoms with E-state index in [9.17, 15) is 43.3 Å². The van der Waals surface area contributed by atoms with E-state index in [1.54, 1.807) is 78.9 Å². The van der Waals surface area contributed by atoms with E-state index in [-0.39, 0.29) is 51.1 Å². The van der Waals surface area contributed by atoms with Crippen LogP contribution >= 0.6 is 0 Å². The first-order valence-electron chi connectivity index (χ1n) is 39.6. The Morgan fingerprint density at radius 2 is 0.983 bits per heavy atom. The van der Waals surface area contributed by atoms with Crippen LogP contribution in [0.3, 0.4) is 0 Å². The highest BCUT2D eigenvalue weighted by Gasteiger charge is 2.40. The van der Waals surface area contributed by atoms with Gasteiger partial charge in [-0.1, -0.05) is 48.6 Å². The number of piperidine rings is 1. The molecule has 10 N–H and O–H groups in total. The number of hydrogen-bond donors (Lipinski definition) is 10. The zero-order chi connectivity index (χ0) is 82.2. The number of aromatic amines is 6. The monoisotopic (exact) mass is 1590 g/mol. The van der Waals surface area contributed by atoms with Crippen molar-refractivity contribution in [3.05, 3.63) is 277 Å². The van der Waals surface area contributed by atoms with Crippen molar-refractivity contribution in [1.29, 1.82) is 0 Å². The molecule has 2 fully saturated rings. The number of furan rings is 1. The van der Waals surface area contributed by atoms with Crippen LogP contribution in [0.4, 0.5) is 24.5 Å². The van der Waals surface area contributed by atoms with Gasteiger partial charge in [0.1, 0.15) is 51.5 Å². The Labute approximate surface area is 679 Å². The third-order valence-corrected chi connectivity index (χ3v) is 23.5. The number of phenolic OH excluding ortho intramolecular Hbond substituents is 3. The predicted molar refractivity (Wildman–Crippen MR) is 462 cm³/mol. The van der Waals surface area contributed by atoms with Crippen LogP contribution in [0.15, 0.2) is 202 Å². The number of allylic oxidation sites excluding steroid dienone is 4. The van der Waals surface area contributed by atoms with Crippen molar-refractivity contribution in [3.8, 4) is 84.7 Å². The molecule has 3 aliphatic carbocycles. The molecule has 7 aromatic carbocycles. The summed E-state index contributed by atoms with van der Waals surface area (Å²) < 4.78 is 50.1. The van der Waals surface area contributed by atoms with Crippen LogP contribution in [-0.2, 0) is 0 Å². The summed E-state index contributed by atoms with van der Waals surface area (Å²) in [6, 6.07) is 43.5. The van der Waals surface area contributed by atoms with Crippen LogP contribution in [0, 0.1) is 45.1 Å². The van der Waals surface area contributed by atoms with Crippen molar-refractivity contribution in [1.82, 2.24) is 60.4 Å². The molecular formula is C95H73F3N14O8. The topological polar surface area (TPSA) is 320 Å². The van der Waals surface area contributed by atoms with Gasteiger partial charge in [0.25, 0.3) is 11.1 Å². The second-order valence-electron chi connectivity index (χ2n) is 30.9. The Morgan fingerprint density at radius 3 is 1.61 bits per heavy atom. The molecule has 0 atom stereocenters. The summed E-state index contributed by atoms with van der Waals surface area (Å²) in [7, 11) is 0. The van der Waals surface area contributed by atoms with Gasteiger partial charge >= 0.3 is 0 Å². The molecule has 23 rings (SSSR count). The van der Waals surface area contributed by atoms with Gasteiger partial charge in [-0.05, 0) is 203 Å². The maximum absolute atomic E-state index is 15.0. The number of para-hydroxylation sites is 1. The average Bonchev–Trinajstić information content (AvgIpc) is 1.50. The second-order valence-corrected chi connectivity index (χ2v) is 30.9. The number of pyridine rings is 6. The van der Waals surface area contributed by atoms with E-state index in [0.29, 0.717) is 90.3 Å². The molecule has 25 heteroatoms. The lowest BCUT2D eigenvalue weighted by atomic mass is 9.95. The number of fused-ring (bicyclic) bond motifs is 20. The summed E-state index contributed by atoms with van der Waals surface area (Å²) in [4.78, 5) is 92.5. The largest absolute Gasteiger partial charge is 0.508 e. The number of hydrogen-bond acceptors (Lipinski definition) is 16. The minimum absolute atomic E-state index is 0.0533. The molecule has 0 amide bonds. The normalized spacial score (nSPS) is 14.1. The number of rotatable bonds is 7. The second kappa shape index (κ2) is 29.0. The first-order valence-corrected chi connectivity index (χ1v) is 39.6. The molecule has 2 aliphatic heterocycles. The number of aromatic nitrogens is 11. The van der Waals surface area contributed by atoms with Crippen LogP contribution in [0.5, 0.6) is 17.2 Å². The van der Waals surface area contributed by atoms with E-state index in [4.69, 9.17) is 19.4 Å². The molecule has 0 radical (unpaired) electrons. The van der Waals surface area contributed by atoms with Gasteiger partial charge in [-0.25, -0.2) is 33.1 Å². The van der Waals surface area contributed by atoms with Crippen molar-refractivity contribution < 1.29 is 42.5 Å². The molecule has 0 saturated carbocycles. The Hall–Kier alpha value is -15.0. The van der Waals surface area contributed by atoms with E-state index in [0.717, 1.165) is 167 Å². The summed E-state index contributed by atoms with van der Waals surface area (Å²) >= 11 is 0. The average molecular weight is 1600 g/mol. The van der Waals surface area contributed by atoms with Crippen LogP contribution in [-0.4, -0.2) is 121 Å². The number of phenols is 3. The Morgan fingerprint density at radius 1 is 0.450 bits per heavy atom. The zero-order valence-corrected chi connectivity index (χ0v) is 65.1. The third-order valence-electron chi connectivity index (χ3n) is 23.5. The number of aryl methyl sites for hydroxylation is 4. The van der Waals surface area contributed by atoms with E-state index in [1.165, 1.54) is 19.3 Å². The van der Waals surface area contributed by atoms with Crippen molar-refractivity contribution >= 4 is 116 Å². The van der Waals surface area contributed by atoms with E-state index >= 15 is 4.39 Å². The number of benzene rings is 7. The molecule has 18 aromatic rings. The fourth-order valence-corrected chi connectivity index (χ4v) is 17.8. The summed E-state index contributed by atoms with van der Waals surface area (Å²) in [5.41, 5.74) is 17.4. The summed E-state index contributed by atoms with van der Waals surface area (Å²) in [5, 5.41) is 47.9. The summed E-state index contributed by atoms with van der Waals surface area (Å²) in [6.45, 7) is 13.2. The minimum Gasteiger partial charge on any atom is -0.508 e. The maximum atomic E-state index is 15.0. The quantitative estimate of drug-likeness (QED) is 0.0524. The molecule has 592 valence electrons. The van der Waals surface area contributed by atoms with Crippen molar-refractivity contribution in [3.63, 3.8) is 0 Å². The van der Waals surface area contributed by atoms with Gasteiger partial charge in [0, 0.05) is 146 Å². The number of piperazine rings is 1. The van der Waals surface area contributed by atoms with Crippen LogP contribution in [0.1, 0.15) is 85.7 Å². The van der Waals surface area contributed by atoms with Gasteiger partial charge in [0.15, 0.2) is 28.8 Å². The molecule has 11 aromatic heterocycles. The maximum Gasteiger partial charge on any atom is 0.258 e. The van der Waals surface area contributed by atoms with Gasteiger partial charge < -0.3 is 59.8 Å². The van der Waals surface area contributed by atoms with Gasteiger partial charge in [0.05, 0.1) is 72.4 Å². The van der Waals surface area contributed by atoms with Gasteiger partial charge in [-0.3, -0.25) is 24.3 Å². The zero-order valence-electron chi connectivity index (χ0n) is 65.1. The Balaban J connectivity index is 0.000000103. The molecule has 0 spiro atoms. The fourth-order valence-electron chi connectivity index (χ4n) is 17.8. The fraction of sp³-hybridized carbons (Fsp3) is 0.147. The number of anilines is 2. The lowest BCUT2D eigenvalue weighted by molar-refractivity contribution is 0.103. The minimum atomic E-state index is -1.39.